The number of piperazine rings is 1. The lowest BCUT2D eigenvalue weighted by Gasteiger charge is -2.36. The first-order valence-electron chi connectivity index (χ1n) is 9.41. The molecule has 4 rings (SSSR count). The Morgan fingerprint density at radius 2 is 1.71 bits per heavy atom. The van der Waals surface area contributed by atoms with Crippen LogP contribution in [0.3, 0.4) is 0 Å². The van der Waals surface area contributed by atoms with Crippen LogP contribution in [-0.2, 0) is 6.54 Å². The van der Waals surface area contributed by atoms with Gasteiger partial charge in [-0.3, -0.25) is 4.98 Å². The summed E-state index contributed by atoms with van der Waals surface area (Å²) in [5, 5.41) is 4.16. The SMILES string of the molecule is Cc1cc(NCc2ccncc2)nc(N2CCN(c3cccc(Cl)c3)CC2)n1. The van der Waals surface area contributed by atoms with Gasteiger partial charge in [-0.05, 0) is 42.8 Å². The van der Waals surface area contributed by atoms with Crippen LogP contribution in [0, 0.1) is 6.92 Å². The Morgan fingerprint density at radius 1 is 0.964 bits per heavy atom. The highest BCUT2D eigenvalue weighted by atomic mass is 35.5. The molecule has 1 fully saturated rings. The molecule has 1 aromatic carbocycles. The number of hydrogen-bond donors (Lipinski definition) is 1. The summed E-state index contributed by atoms with van der Waals surface area (Å²) in [6.45, 7) is 6.29. The zero-order valence-corrected chi connectivity index (χ0v) is 16.6. The molecule has 1 saturated heterocycles. The van der Waals surface area contributed by atoms with Crippen molar-refractivity contribution in [2.24, 2.45) is 0 Å². The van der Waals surface area contributed by atoms with E-state index < -0.39 is 0 Å². The summed E-state index contributed by atoms with van der Waals surface area (Å²) in [5.74, 6) is 1.62. The summed E-state index contributed by atoms with van der Waals surface area (Å²) in [6, 6.07) is 14.0. The maximum atomic E-state index is 6.13. The van der Waals surface area contributed by atoms with Crippen LogP contribution in [-0.4, -0.2) is 41.1 Å². The van der Waals surface area contributed by atoms with Crippen LogP contribution in [0.2, 0.25) is 5.02 Å². The van der Waals surface area contributed by atoms with E-state index >= 15 is 0 Å². The minimum Gasteiger partial charge on any atom is -0.368 e. The summed E-state index contributed by atoms with van der Waals surface area (Å²) in [5.41, 5.74) is 3.29. The van der Waals surface area contributed by atoms with E-state index in [1.807, 2.05) is 43.3 Å². The number of aryl methyl sites for hydroxylation is 1. The molecule has 2 aromatic heterocycles. The van der Waals surface area contributed by atoms with E-state index in [4.69, 9.17) is 16.6 Å². The second kappa shape index (κ2) is 8.44. The normalized spacial score (nSPS) is 14.2. The molecule has 0 radical (unpaired) electrons. The van der Waals surface area contributed by atoms with Crippen molar-refractivity contribution in [3.63, 3.8) is 0 Å². The molecular weight excluding hydrogens is 372 g/mol. The highest BCUT2D eigenvalue weighted by Crippen LogP contribution is 2.22. The Kier molecular flexibility index (Phi) is 5.58. The third kappa shape index (κ3) is 4.51. The average molecular weight is 395 g/mol. The number of halogens is 1. The van der Waals surface area contributed by atoms with Crippen LogP contribution in [0.25, 0.3) is 0 Å². The molecule has 0 atom stereocenters. The van der Waals surface area contributed by atoms with Crippen molar-refractivity contribution >= 4 is 29.1 Å². The van der Waals surface area contributed by atoms with Crippen molar-refractivity contribution in [1.29, 1.82) is 0 Å². The van der Waals surface area contributed by atoms with Crippen molar-refractivity contribution in [2.45, 2.75) is 13.5 Å². The fourth-order valence-corrected chi connectivity index (χ4v) is 3.50. The molecular formula is C21H23ClN6. The van der Waals surface area contributed by atoms with Crippen molar-refractivity contribution in [3.05, 3.63) is 71.1 Å². The van der Waals surface area contributed by atoms with Gasteiger partial charge in [-0.25, -0.2) is 4.98 Å². The Bertz CT molecular complexity index is 925. The van der Waals surface area contributed by atoms with Crippen LogP contribution in [0.1, 0.15) is 11.3 Å². The Balaban J connectivity index is 1.41. The van der Waals surface area contributed by atoms with Gasteiger partial charge in [-0.15, -0.1) is 0 Å². The number of benzene rings is 1. The van der Waals surface area contributed by atoms with Gasteiger partial charge in [0.15, 0.2) is 0 Å². The van der Waals surface area contributed by atoms with Crippen molar-refractivity contribution < 1.29 is 0 Å². The van der Waals surface area contributed by atoms with Crippen LogP contribution in [0.15, 0.2) is 54.9 Å². The Morgan fingerprint density at radius 3 is 2.46 bits per heavy atom. The van der Waals surface area contributed by atoms with Gasteiger partial charge in [-0.1, -0.05) is 17.7 Å². The second-order valence-electron chi connectivity index (χ2n) is 6.86. The van der Waals surface area contributed by atoms with Gasteiger partial charge >= 0.3 is 0 Å². The summed E-state index contributed by atoms with van der Waals surface area (Å²) < 4.78 is 0. The monoisotopic (exact) mass is 394 g/mol. The number of aromatic nitrogens is 3. The third-order valence-electron chi connectivity index (χ3n) is 4.80. The number of anilines is 3. The number of hydrogen-bond acceptors (Lipinski definition) is 6. The minimum absolute atomic E-state index is 0.709. The fourth-order valence-electron chi connectivity index (χ4n) is 3.32. The van der Waals surface area contributed by atoms with Crippen molar-refractivity contribution in [3.8, 4) is 0 Å². The van der Waals surface area contributed by atoms with E-state index in [1.165, 1.54) is 5.56 Å². The molecule has 0 spiro atoms. The summed E-state index contributed by atoms with van der Waals surface area (Å²) in [4.78, 5) is 18.0. The molecule has 7 heteroatoms. The maximum absolute atomic E-state index is 6.13. The molecule has 1 aliphatic rings. The number of rotatable bonds is 5. The van der Waals surface area contributed by atoms with Gasteiger partial charge in [0.2, 0.25) is 5.95 Å². The van der Waals surface area contributed by atoms with E-state index in [0.29, 0.717) is 6.54 Å². The number of pyridine rings is 1. The first kappa shape index (κ1) is 18.5. The summed E-state index contributed by atoms with van der Waals surface area (Å²) in [6.07, 6.45) is 3.60. The van der Waals surface area contributed by atoms with Gasteiger partial charge in [0.25, 0.3) is 0 Å². The lowest BCUT2D eigenvalue weighted by atomic mass is 10.2. The molecule has 0 saturated carbocycles. The zero-order chi connectivity index (χ0) is 19.3. The van der Waals surface area contributed by atoms with Crippen LogP contribution in [0.4, 0.5) is 17.5 Å². The lowest BCUT2D eigenvalue weighted by molar-refractivity contribution is 0.639. The predicted molar refractivity (Wildman–Crippen MR) is 114 cm³/mol. The lowest BCUT2D eigenvalue weighted by Crippen LogP contribution is -2.47. The van der Waals surface area contributed by atoms with Gasteiger partial charge in [0.05, 0.1) is 0 Å². The van der Waals surface area contributed by atoms with Gasteiger partial charge in [0, 0.05) is 67.6 Å². The predicted octanol–water partition coefficient (Wildman–Crippen LogP) is 3.77. The highest BCUT2D eigenvalue weighted by molar-refractivity contribution is 6.30. The molecule has 0 bridgehead atoms. The molecule has 6 nitrogen and oxygen atoms in total. The van der Waals surface area contributed by atoms with Crippen molar-refractivity contribution in [2.75, 3.05) is 41.3 Å². The van der Waals surface area contributed by atoms with Gasteiger partial charge in [0.1, 0.15) is 5.82 Å². The maximum Gasteiger partial charge on any atom is 0.227 e. The molecule has 0 amide bonds. The van der Waals surface area contributed by atoms with Crippen LogP contribution >= 0.6 is 11.6 Å². The largest absolute Gasteiger partial charge is 0.368 e. The number of nitrogens with one attached hydrogen (secondary N) is 1. The highest BCUT2D eigenvalue weighted by Gasteiger charge is 2.20. The quantitative estimate of drug-likeness (QED) is 0.710. The molecule has 144 valence electrons. The summed E-state index contributed by atoms with van der Waals surface area (Å²) >= 11 is 6.13. The van der Waals surface area contributed by atoms with E-state index in [0.717, 1.165) is 54.3 Å². The number of nitrogens with zero attached hydrogens (tertiary/aromatic N) is 5. The van der Waals surface area contributed by atoms with Gasteiger partial charge in [-0.2, -0.15) is 4.98 Å². The van der Waals surface area contributed by atoms with E-state index in [2.05, 4.69) is 31.2 Å². The smallest absolute Gasteiger partial charge is 0.227 e. The first-order chi connectivity index (χ1) is 13.7. The molecule has 1 aliphatic heterocycles. The minimum atomic E-state index is 0.709. The van der Waals surface area contributed by atoms with Crippen LogP contribution in [0.5, 0.6) is 0 Å². The van der Waals surface area contributed by atoms with E-state index in [-0.39, 0.29) is 0 Å². The molecule has 3 aromatic rings. The average Bonchev–Trinajstić information content (AvgIpc) is 2.73. The molecule has 28 heavy (non-hydrogen) atoms. The Labute approximate surface area is 170 Å². The molecule has 0 unspecified atom stereocenters. The van der Waals surface area contributed by atoms with E-state index in [1.54, 1.807) is 12.4 Å². The third-order valence-corrected chi connectivity index (χ3v) is 5.04. The van der Waals surface area contributed by atoms with Crippen molar-refractivity contribution in [1.82, 2.24) is 15.0 Å². The Hall–Kier alpha value is -2.86. The van der Waals surface area contributed by atoms with Gasteiger partial charge < -0.3 is 15.1 Å². The van der Waals surface area contributed by atoms with Crippen LogP contribution < -0.4 is 15.1 Å². The standard InChI is InChI=1S/C21H23ClN6/c1-16-13-20(24-15-17-5-7-23-8-6-17)26-21(25-16)28-11-9-27(10-12-28)19-4-2-3-18(22)14-19/h2-8,13-14H,9-12,15H2,1H3,(H,24,25,26). The zero-order valence-electron chi connectivity index (χ0n) is 15.8. The topological polar surface area (TPSA) is 57.2 Å². The first-order valence-corrected chi connectivity index (χ1v) is 9.79. The molecule has 0 aliphatic carbocycles. The molecule has 3 heterocycles. The summed E-state index contributed by atoms with van der Waals surface area (Å²) in [7, 11) is 0. The molecule has 1 N–H and O–H groups in total. The second-order valence-corrected chi connectivity index (χ2v) is 7.29. The fraction of sp³-hybridized carbons (Fsp3) is 0.286. The van der Waals surface area contributed by atoms with E-state index in [9.17, 15) is 0 Å².